The van der Waals surface area contributed by atoms with Crippen LogP contribution in [-0.4, -0.2) is 13.2 Å². The third-order valence-corrected chi connectivity index (χ3v) is 4.70. The summed E-state index contributed by atoms with van der Waals surface area (Å²) >= 11 is 3.57. The van der Waals surface area contributed by atoms with Crippen molar-refractivity contribution >= 4 is 15.9 Å². The van der Waals surface area contributed by atoms with E-state index in [1.807, 2.05) is 12.1 Å². The Morgan fingerprint density at radius 1 is 1.21 bits per heavy atom. The number of benzene rings is 2. The molecule has 1 N–H and O–H groups in total. The normalized spacial score (nSPS) is 12.0. The molecule has 0 heterocycles. The Morgan fingerprint density at radius 2 is 1.96 bits per heavy atom. The fourth-order valence-electron chi connectivity index (χ4n) is 2.25. The predicted molar refractivity (Wildman–Crippen MR) is 98.0 cm³/mol. The van der Waals surface area contributed by atoms with E-state index in [9.17, 15) is 4.39 Å². The van der Waals surface area contributed by atoms with E-state index in [-0.39, 0.29) is 12.4 Å². The first-order valence-electron chi connectivity index (χ1n) is 8.01. The summed E-state index contributed by atoms with van der Waals surface area (Å²) in [5.74, 6) is 0.993. The van der Waals surface area contributed by atoms with Crippen molar-refractivity contribution in [2.45, 2.75) is 39.5 Å². The summed E-state index contributed by atoms with van der Waals surface area (Å²) in [7, 11) is 1.60. The van der Waals surface area contributed by atoms with Gasteiger partial charge in [-0.2, -0.15) is 0 Å². The SMILES string of the molecule is CCC(C)NCc1c(Br)ccc(OC)c1OCc1ccccc1F. The van der Waals surface area contributed by atoms with Gasteiger partial charge in [-0.05, 0) is 31.5 Å². The summed E-state index contributed by atoms with van der Waals surface area (Å²) in [6.45, 7) is 5.05. The van der Waals surface area contributed by atoms with Gasteiger partial charge in [0.15, 0.2) is 11.5 Å². The van der Waals surface area contributed by atoms with Gasteiger partial charge in [-0.25, -0.2) is 4.39 Å². The van der Waals surface area contributed by atoms with Crippen molar-refractivity contribution < 1.29 is 13.9 Å². The summed E-state index contributed by atoms with van der Waals surface area (Å²) in [5.41, 5.74) is 1.48. The zero-order valence-corrected chi connectivity index (χ0v) is 15.8. The molecule has 130 valence electrons. The molecule has 0 saturated heterocycles. The standard InChI is InChI=1S/C19H23BrFNO2/c1-4-13(2)22-11-15-16(20)9-10-18(23-3)19(15)24-12-14-7-5-6-8-17(14)21/h5-10,13,22H,4,11-12H2,1-3H3. The number of hydrogen-bond acceptors (Lipinski definition) is 3. The van der Waals surface area contributed by atoms with E-state index in [2.05, 4.69) is 35.1 Å². The maximum Gasteiger partial charge on any atom is 0.167 e. The highest BCUT2D eigenvalue weighted by molar-refractivity contribution is 9.10. The molecule has 0 spiro atoms. The lowest BCUT2D eigenvalue weighted by Gasteiger charge is -2.19. The molecule has 0 amide bonds. The number of rotatable bonds is 8. The van der Waals surface area contributed by atoms with Gasteiger partial charge < -0.3 is 14.8 Å². The maximum atomic E-state index is 13.8. The average molecular weight is 396 g/mol. The first-order valence-corrected chi connectivity index (χ1v) is 8.81. The van der Waals surface area contributed by atoms with Gasteiger partial charge in [0.25, 0.3) is 0 Å². The van der Waals surface area contributed by atoms with E-state index in [1.54, 1.807) is 25.3 Å². The van der Waals surface area contributed by atoms with E-state index >= 15 is 0 Å². The highest BCUT2D eigenvalue weighted by atomic mass is 79.9. The summed E-state index contributed by atoms with van der Waals surface area (Å²) in [4.78, 5) is 0. The number of methoxy groups -OCH3 is 1. The summed E-state index contributed by atoms with van der Waals surface area (Å²) < 4.78 is 26.1. The van der Waals surface area contributed by atoms with Crippen LogP contribution in [0, 0.1) is 5.82 Å². The topological polar surface area (TPSA) is 30.5 Å². The van der Waals surface area contributed by atoms with Crippen LogP contribution in [0.5, 0.6) is 11.5 Å². The molecule has 1 atom stereocenters. The van der Waals surface area contributed by atoms with Gasteiger partial charge in [-0.1, -0.05) is 41.1 Å². The van der Waals surface area contributed by atoms with Crippen LogP contribution in [-0.2, 0) is 13.2 Å². The van der Waals surface area contributed by atoms with E-state index < -0.39 is 0 Å². The Morgan fingerprint density at radius 3 is 2.62 bits per heavy atom. The summed E-state index contributed by atoms with van der Waals surface area (Å²) in [6, 6.07) is 10.8. The van der Waals surface area contributed by atoms with Gasteiger partial charge in [0.2, 0.25) is 0 Å². The number of hydrogen-bond donors (Lipinski definition) is 1. The van der Waals surface area contributed by atoms with Crippen molar-refractivity contribution in [2.24, 2.45) is 0 Å². The predicted octanol–water partition coefficient (Wildman–Crippen LogP) is 5.06. The molecule has 0 aromatic heterocycles. The molecular weight excluding hydrogens is 373 g/mol. The van der Waals surface area contributed by atoms with Crippen LogP contribution < -0.4 is 14.8 Å². The molecule has 0 aliphatic carbocycles. The van der Waals surface area contributed by atoms with Crippen molar-refractivity contribution in [2.75, 3.05) is 7.11 Å². The molecular formula is C19H23BrFNO2. The quantitative estimate of drug-likeness (QED) is 0.676. The molecule has 0 fully saturated rings. The van der Waals surface area contributed by atoms with Gasteiger partial charge in [0, 0.05) is 28.2 Å². The van der Waals surface area contributed by atoms with Crippen LogP contribution in [0.2, 0.25) is 0 Å². The molecule has 24 heavy (non-hydrogen) atoms. The number of nitrogens with one attached hydrogen (secondary N) is 1. The van der Waals surface area contributed by atoms with Crippen LogP contribution in [0.25, 0.3) is 0 Å². The highest BCUT2D eigenvalue weighted by Crippen LogP contribution is 2.37. The second kappa shape index (κ2) is 9.04. The lowest BCUT2D eigenvalue weighted by Crippen LogP contribution is -2.25. The Balaban J connectivity index is 2.25. The van der Waals surface area contributed by atoms with Crippen LogP contribution >= 0.6 is 15.9 Å². The number of halogens is 2. The van der Waals surface area contributed by atoms with Crippen molar-refractivity contribution in [3.8, 4) is 11.5 Å². The van der Waals surface area contributed by atoms with E-state index in [1.165, 1.54) is 6.07 Å². The minimum Gasteiger partial charge on any atom is -0.493 e. The molecule has 0 radical (unpaired) electrons. The molecule has 2 aromatic rings. The smallest absolute Gasteiger partial charge is 0.167 e. The lowest BCUT2D eigenvalue weighted by molar-refractivity contribution is 0.275. The third kappa shape index (κ3) is 4.71. The first-order chi connectivity index (χ1) is 11.6. The summed E-state index contributed by atoms with van der Waals surface area (Å²) in [5, 5.41) is 3.45. The minimum atomic E-state index is -0.272. The molecule has 5 heteroatoms. The van der Waals surface area contributed by atoms with Gasteiger partial charge in [-0.3, -0.25) is 0 Å². The van der Waals surface area contributed by atoms with Crippen LogP contribution in [0.15, 0.2) is 40.9 Å². The average Bonchev–Trinajstić information content (AvgIpc) is 2.60. The summed E-state index contributed by atoms with van der Waals surface area (Å²) in [6.07, 6.45) is 1.03. The second-order valence-electron chi connectivity index (χ2n) is 5.63. The monoisotopic (exact) mass is 395 g/mol. The Hall–Kier alpha value is -1.59. The highest BCUT2D eigenvalue weighted by Gasteiger charge is 2.16. The molecule has 0 aliphatic rings. The van der Waals surface area contributed by atoms with Gasteiger partial charge >= 0.3 is 0 Å². The third-order valence-electron chi connectivity index (χ3n) is 3.96. The molecule has 2 rings (SSSR count). The van der Waals surface area contributed by atoms with Gasteiger partial charge in [0.05, 0.1) is 7.11 Å². The van der Waals surface area contributed by atoms with Gasteiger partial charge in [-0.15, -0.1) is 0 Å². The molecule has 3 nitrogen and oxygen atoms in total. The first kappa shape index (κ1) is 18.7. The molecule has 0 bridgehead atoms. The molecule has 2 aromatic carbocycles. The Kier molecular flexibility index (Phi) is 7.06. The fraction of sp³-hybridized carbons (Fsp3) is 0.368. The minimum absolute atomic E-state index is 0.149. The van der Waals surface area contributed by atoms with Crippen molar-refractivity contribution in [3.05, 3.63) is 57.8 Å². The zero-order valence-electron chi connectivity index (χ0n) is 14.2. The fourth-order valence-corrected chi connectivity index (χ4v) is 2.70. The van der Waals surface area contributed by atoms with E-state index in [0.29, 0.717) is 29.6 Å². The van der Waals surface area contributed by atoms with Crippen LogP contribution in [0.4, 0.5) is 4.39 Å². The van der Waals surface area contributed by atoms with Gasteiger partial charge in [0.1, 0.15) is 12.4 Å². The van der Waals surface area contributed by atoms with Crippen LogP contribution in [0.1, 0.15) is 31.4 Å². The van der Waals surface area contributed by atoms with Crippen LogP contribution in [0.3, 0.4) is 0 Å². The van der Waals surface area contributed by atoms with Crippen molar-refractivity contribution in [1.29, 1.82) is 0 Å². The van der Waals surface area contributed by atoms with Crippen molar-refractivity contribution in [1.82, 2.24) is 5.32 Å². The van der Waals surface area contributed by atoms with E-state index in [0.717, 1.165) is 16.5 Å². The molecule has 0 saturated carbocycles. The second-order valence-corrected chi connectivity index (χ2v) is 6.48. The number of ether oxygens (including phenoxy) is 2. The molecule has 0 aliphatic heterocycles. The van der Waals surface area contributed by atoms with Crippen molar-refractivity contribution in [3.63, 3.8) is 0 Å². The lowest BCUT2D eigenvalue weighted by atomic mass is 10.1. The zero-order chi connectivity index (χ0) is 17.5. The Labute approximate surface area is 151 Å². The largest absolute Gasteiger partial charge is 0.493 e. The Bertz CT molecular complexity index is 678. The van der Waals surface area contributed by atoms with E-state index in [4.69, 9.17) is 9.47 Å². The molecule has 1 unspecified atom stereocenters. The maximum absolute atomic E-state index is 13.8.